The highest BCUT2D eigenvalue weighted by Gasteiger charge is 2.27. The van der Waals surface area contributed by atoms with Gasteiger partial charge in [-0.25, -0.2) is 13.4 Å². The molecule has 1 N–H and O–H groups in total. The molecule has 3 heterocycles. The lowest BCUT2D eigenvalue weighted by atomic mass is 10.1. The largest absolute Gasteiger partial charge is 0.371 e. The van der Waals surface area contributed by atoms with E-state index in [4.69, 9.17) is 0 Å². The summed E-state index contributed by atoms with van der Waals surface area (Å²) in [4.78, 5) is 6.74. The Morgan fingerprint density at radius 2 is 2.23 bits per heavy atom. The molecule has 0 radical (unpaired) electrons. The average Bonchev–Trinajstić information content (AvgIpc) is 3.32. The molecule has 4 rings (SSSR count). The van der Waals surface area contributed by atoms with Crippen molar-refractivity contribution in [1.29, 1.82) is 0 Å². The molecule has 1 unspecified atom stereocenters. The lowest BCUT2D eigenvalue weighted by Gasteiger charge is -2.17. The van der Waals surface area contributed by atoms with Crippen molar-refractivity contribution in [3.8, 4) is 11.3 Å². The van der Waals surface area contributed by atoms with Gasteiger partial charge in [-0.15, -0.1) is 0 Å². The van der Waals surface area contributed by atoms with Crippen LogP contribution in [0.4, 0.5) is 5.69 Å². The van der Waals surface area contributed by atoms with E-state index in [1.165, 1.54) is 16.8 Å². The van der Waals surface area contributed by atoms with Gasteiger partial charge in [0.15, 0.2) is 9.84 Å². The summed E-state index contributed by atoms with van der Waals surface area (Å²) < 4.78 is 25.2. The molecule has 2 aromatic rings. The zero-order valence-corrected chi connectivity index (χ0v) is 16.0. The fourth-order valence-electron chi connectivity index (χ4n) is 4.04. The minimum Gasteiger partial charge on any atom is -0.371 e. The van der Waals surface area contributed by atoms with Gasteiger partial charge in [-0.1, -0.05) is 6.07 Å². The molecule has 1 saturated heterocycles. The van der Waals surface area contributed by atoms with Gasteiger partial charge in [-0.05, 0) is 37.5 Å². The molecule has 0 amide bonds. The highest BCUT2D eigenvalue weighted by molar-refractivity contribution is 7.91. The molecule has 2 aliphatic heterocycles. The van der Waals surface area contributed by atoms with Crippen molar-refractivity contribution in [2.75, 3.05) is 36.0 Å². The molecular formula is C19H26N4O2S. The lowest BCUT2D eigenvalue weighted by molar-refractivity contribution is 0.521. The van der Waals surface area contributed by atoms with Crippen LogP contribution in [-0.2, 0) is 22.8 Å². The first kappa shape index (κ1) is 17.5. The number of imidazole rings is 1. The van der Waals surface area contributed by atoms with Crippen molar-refractivity contribution in [2.24, 2.45) is 0 Å². The first-order valence-corrected chi connectivity index (χ1v) is 11.2. The number of likely N-dealkylation sites (N-methyl/N-ethyl adjacent to an activating group) is 1. The molecule has 26 heavy (non-hydrogen) atoms. The van der Waals surface area contributed by atoms with Crippen molar-refractivity contribution in [1.82, 2.24) is 14.9 Å². The van der Waals surface area contributed by atoms with Gasteiger partial charge in [0.05, 0.1) is 29.7 Å². The highest BCUT2D eigenvalue weighted by Crippen LogP contribution is 2.32. The van der Waals surface area contributed by atoms with Gasteiger partial charge >= 0.3 is 0 Å². The van der Waals surface area contributed by atoms with Crippen molar-refractivity contribution >= 4 is 15.5 Å². The minimum atomic E-state index is -2.83. The summed E-state index contributed by atoms with van der Waals surface area (Å²) in [5.74, 6) is 0.577. The van der Waals surface area contributed by atoms with Crippen molar-refractivity contribution in [2.45, 2.75) is 32.4 Å². The first-order chi connectivity index (χ1) is 12.6. The maximum absolute atomic E-state index is 11.6. The summed E-state index contributed by atoms with van der Waals surface area (Å²) >= 11 is 0. The van der Waals surface area contributed by atoms with Crippen LogP contribution in [0.2, 0.25) is 0 Å². The number of nitrogens with zero attached hydrogens (tertiary/aromatic N) is 3. The van der Waals surface area contributed by atoms with Gasteiger partial charge in [0, 0.05) is 43.5 Å². The van der Waals surface area contributed by atoms with Crippen LogP contribution in [0.5, 0.6) is 0 Å². The van der Waals surface area contributed by atoms with E-state index in [-0.39, 0.29) is 11.8 Å². The van der Waals surface area contributed by atoms with E-state index in [0.717, 1.165) is 44.7 Å². The molecule has 1 atom stereocenters. The molecule has 0 saturated carbocycles. The van der Waals surface area contributed by atoms with Crippen molar-refractivity contribution in [3.05, 3.63) is 36.3 Å². The fourth-order valence-corrected chi connectivity index (χ4v) is 5.75. The number of benzene rings is 1. The van der Waals surface area contributed by atoms with Gasteiger partial charge in [-0.2, -0.15) is 0 Å². The summed E-state index contributed by atoms with van der Waals surface area (Å²) in [6.07, 6.45) is 5.59. The Morgan fingerprint density at radius 1 is 1.35 bits per heavy atom. The van der Waals surface area contributed by atoms with E-state index in [9.17, 15) is 8.42 Å². The summed E-state index contributed by atoms with van der Waals surface area (Å²) in [6.45, 7) is 5.87. The number of nitrogens with one attached hydrogen (secondary N) is 1. The number of fused-ring (bicyclic) bond motifs is 1. The third-order valence-electron chi connectivity index (χ3n) is 5.48. The van der Waals surface area contributed by atoms with Gasteiger partial charge < -0.3 is 14.8 Å². The second-order valence-corrected chi connectivity index (χ2v) is 9.43. The van der Waals surface area contributed by atoms with E-state index in [1.807, 2.05) is 12.5 Å². The second kappa shape index (κ2) is 7.04. The fraction of sp³-hybridized carbons (Fsp3) is 0.526. The van der Waals surface area contributed by atoms with Crippen molar-refractivity contribution < 1.29 is 8.42 Å². The summed E-state index contributed by atoms with van der Waals surface area (Å²) in [6, 6.07) is 6.78. The number of sulfone groups is 1. The third-order valence-corrected chi connectivity index (χ3v) is 7.25. The quantitative estimate of drug-likeness (QED) is 0.834. The number of hydrogen-bond acceptors (Lipinski definition) is 5. The van der Waals surface area contributed by atoms with E-state index < -0.39 is 9.84 Å². The average molecular weight is 375 g/mol. The Hall–Kier alpha value is -1.86. The van der Waals surface area contributed by atoms with Crippen LogP contribution in [0.1, 0.15) is 18.9 Å². The Labute approximate surface area is 155 Å². The predicted octanol–water partition coefficient (Wildman–Crippen LogP) is 1.71. The Kier molecular flexibility index (Phi) is 4.75. The van der Waals surface area contributed by atoms with Crippen molar-refractivity contribution in [3.63, 3.8) is 0 Å². The van der Waals surface area contributed by atoms with E-state index >= 15 is 0 Å². The van der Waals surface area contributed by atoms with Crippen LogP contribution in [-0.4, -0.2) is 55.2 Å². The third kappa shape index (κ3) is 3.50. The molecule has 6 nitrogen and oxygen atoms in total. The normalized spacial score (nSPS) is 21.3. The van der Waals surface area contributed by atoms with Crippen LogP contribution in [0.15, 0.2) is 30.7 Å². The van der Waals surface area contributed by atoms with Gasteiger partial charge in [0.2, 0.25) is 0 Å². The molecule has 2 aliphatic rings. The Balaban J connectivity index is 1.43. The predicted molar refractivity (Wildman–Crippen MR) is 104 cm³/mol. The zero-order chi connectivity index (χ0) is 18.1. The summed E-state index contributed by atoms with van der Waals surface area (Å²) in [7, 11) is -2.83. The number of hydrogen-bond donors (Lipinski definition) is 1. The van der Waals surface area contributed by atoms with Crippen LogP contribution >= 0.6 is 0 Å². The van der Waals surface area contributed by atoms with Crippen LogP contribution in [0.25, 0.3) is 11.3 Å². The van der Waals surface area contributed by atoms with Gasteiger partial charge in [-0.3, -0.25) is 0 Å². The molecule has 1 fully saturated rings. The zero-order valence-electron chi connectivity index (χ0n) is 15.2. The molecule has 140 valence electrons. The standard InChI is InChI=1S/C19H26N4O2S/c1-2-22-8-5-16-11-15(3-4-18(16)22)19-12-20-14-23(19)9-7-21-17-6-10-26(24,25)13-17/h3-4,11-12,14,17,21H,2,5-10,13H2,1H3. The van der Waals surface area contributed by atoms with Gasteiger partial charge in [0.25, 0.3) is 0 Å². The summed E-state index contributed by atoms with van der Waals surface area (Å²) in [5.41, 5.74) is 5.07. The molecule has 1 aromatic heterocycles. The second-order valence-electron chi connectivity index (χ2n) is 7.20. The topological polar surface area (TPSA) is 67.2 Å². The van der Waals surface area contributed by atoms with Crippen LogP contribution in [0.3, 0.4) is 0 Å². The maximum atomic E-state index is 11.6. The van der Waals surface area contributed by atoms with Crippen LogP contribution < -0.4 is 10.2 Å². The van der Waals surface area contributed by atoms with E-state index in [1.54, 1.807) is 0 Å². The number of aromatic nitrogens is 2. The highest BCUT2D eigenvalue weighted by atomic mass is 32.2. The Bertz CT molecular complexity index is 891. The van der Waals surface area contributed by atoms with Gasteiger partial charge in [0.1, 0.15) is 0 Å². The summed E-state index contributed by atoms with van der Waals surface area (Å²) in [5, 5.41) is 3.37. The lowest BCUT2D eigenvalue weighted by Crippen LogP contribution is -2.32. The first-order valence-electron chi connectivity index (χ1n) is 9.38. The molecule has 1 aromatic carbocycles. The molecule has 0 aliphatic carbocycles. The van der Waals surface area contributed by atoms with Crippen LogP contribution in [0, 0.1) is 0 Å². The van der Waals surface area contributed by atoms with E-state index in [0.29, 0.717) is 5.75 Å². The minimum absolute atomic E-state index is 0.0898. The smallest absolute Gasteiger partial charge is 0.151 e. The SMILES string of the molecule is CCN1CCc2cc(-c3cncn3CCNC3CCS(=O)(=O)C3)ccc21. The Morgan fingerprint density at radius 3 is 3.00 bits per heavy atom. The molecular weight excluding hydrogens is 348 g/mol. The molecule has 0 bridgehead atoms. The number of anilines is 1. The molecule has 7 heteroatoms. The maximum Gasteiger partial charge on any atom is 0.151 e. The monoisotopic (exact) mass is 374 g/mol. The number of rotatable bonds is 6. The van der Waals surface area contributed by atoms with E-state index in [2.05, 4.69) is 44.9 Å². The molecule has 0 spiro atoms.